The molecular weight excluding hydrogens is 278 g/mol. The minimum Gasteiger partial charge on any atom is -0.384 e. The fourth-order valence-electron chi connectivity index (χ4n) is 1.51. The average Bonchev–Trinajstić information content (AvgIpc) is 2.45. The Labute approximate surface area is 121 Å². The van der Waals surface area contributed by atoms with Gasteiger partial charge in [-0.15, -0.1) is 11.8 Å². The topological polar surface area (TPSA) is 33.1 Å². The van der Waals surface area contributed by atoms with Crippen LogP contribution < -0.4 is 0 Å². The normalized spacial score (nSPS) is 9.79. The number of hydrogen-bond acceptors (Lipinski definition) is 3. The van der Waals surface area contributed by atoms with Gasteiger partial charge in [0.05, 0.1) is 5.02 Å². The van der Waals surface area contributed by atoms with Gasteiger partial charge in [-0.1, -0.05) is 35.6 Å². The number of halogens is 1. The zero-order chi connectivity index (χ0) is 13.5. The first-order chi connectivity index (χ1) is 9.29. The summed E-state index contributed by atoms with van der Waals surface area (Å²) in [5.74, 6) is 6.32. The van der Waals surface area contributed by atoms with Crippen LogP contribution in [0.4, 0.5) is 0 Å². The Kier molecular flexibility index (Phi) is 5.29. The summed E-state index contributed by atoms with van der Waals surface area (Å²) >= 11 is 7.65. The van der Waals surface area contributed by atoms with Gasteiger partial charge in [-0.3, -0.25) is 0 Å². The molecule has 0 fully saturated rings. The van der Waals surface area contributed by atoms with Crippen LogP contribution in [0.15, 0.2) is 47.6 Å². The van der Waals surface area contributed by atoms with Crippen molar-refractivity contribution in [1.29, 1.82) is 0 Å². The molecule has 4 heteroatoms. The Morgan fingerprint density at radius 2 is 2.16 bits per heavy atom. The van der Waals surface area contributed by atoms with Gasteiger partial charge in [-0.25, -0.2) is 4.98 Å². The Bertz CT molecular complexity index is 619. The summed E-state index contributed by atoms with van der Waals surface area (Å²) in [7, 11) is 0. The second-order valence-corrected chi connectivity index (χ2v) is 5.11. The van der Waals surface area contributed by atoms with Crippen LogP contribution in [0.2, 0.25) is 5.02 Å². The molecule has 1 aromatic heterocycles. The number of thioether (sulfide) groups is 1. The van der Waals surface area contributed by atoms with Gasteiger partial charge in [0.1, 0.15) is 11.6 Å². The van der Waals surface area contributed by atoms with Crippen LogP contribution in [0, 0.1) is 11.8 Å². The molecule has 2 aromatic rings. The van der Waals surface area contributed by atoms with Crippen LogP contribution in [0.25, 0.3) is 0 Å². The zero-order valence-corrected chi connectivity index (χ0v) is 11.7. The first-order valence-electron chi connectivity index (χ1n) is 5.71. The zero-order valence-electron chi connectivity index (χ0n) is 10.1. The van der Waals surface area contributed by atoms with Crippen molar-refractivity contribution in [2.24, 2.45) is 0 Å². The molecule has 1 N–H and O–H groups in total. The molecule has 0 unspecified atom stereocenters. The van der Waals surface area contributed by atoms with Crippen molar-refractivity contribution in [3.8, 4) is 11.8 Å². The Morgan fingerprint density at radius 1 is 1.26 bits per heavy atom. The Hall–Kier alpha value is -1.47. The standard InChI is InChI=1S/C15H12ClNOS/c16-14-7-2-8-17-15(14)19-11-13-5-1-4-12(10-13)6-3-9-18/h1-2,4-5,7-8,10,18H,9,11H2. The van der Waals surface area contributed by atoms with Crippen molar-refractivity contribution in [1.82, 2.24) is 4.98 Å². The molecule has 0 aliphatic rings. The summed E-state index contributed by atoms with van der Waals surface area (Å²) < 4.78 is 0. The highest BCUT2D eigenvalue weighted by Gasteiger charge is 2.02. The molecule has 2 rings (SSSR count). The van der Waals surface area contributed by atoms with Crippen LogP contribution in [-0.4, -0.2) is 16.7 Å². The summed E-state index contributed by atoms with van der Waals surface area (Å²) in [5.41, 5.74) is 2.05. The number of rotatable bonds is 3. The van der Waals surface area contributed by atoms with Gasteiger partial charge < -0.3 is 5.11 Å². The molecule has 0 aliphatic carbocycles. The molecule has 0 amide bonds. The van der Waals surface area contributed by atoms with Gasteiger partial charge >= 0.3 is 0 Å². The molecule has 96 valence electrons. The van der Waals surface area contributed by atoms with Gasteiger partial charge in [0.25, 0.3) is 0 Å². The van der Waals surface area contributed by atoms with Crippen molar-refractivity contribution >= 4 is 23.4 Å². The fraction of sp³-hybridized carbons (Fsp3) is 0.133. The number of aliphatic hydroxyl groups is 1. The van der Waals surface area contributed by atoms with Crippen LogP contribution in [0.1, 0.15) is 11.1 Å². The van der Waals surface area contributed by atoms with Crippen molar-refractivity contribution in [2.75, 3.05) is 6.61 Å². The molecule has 0 spiro atoms. The van der Waals surface area contributed by atoms with E-state index in [9.17, 15) is 0 Å². The number of aliphatic hydroxyl groups excluding tert-OH is 1. The number of nitrogens with zero attached hydrogens (tertiary/aromatic N) is 1. The summed E-state index contributed by atoms with van der Waals surface area (Å²) in [6, 6.07) is 11.6. The smallest absolute Gasteiger partial charge is 0.115 e. The van der Waals surface area contributed by atoms with E-state index in [1.807, 2.05) is 36.4 Å². The molecule has 19 heavy (non-hydrogen) atoms. The van der Waals surface area contributed by atoms with E-state index in [1.54, 1.807) is 18.0 Å². The second kappa shape index (κ2) is 7.20. The van der Waals surface area contributed by atoms with Crippen LogP contribution >= 0.6 is 23.4 Å². The van der Waals surface area contributed by atoms with E-state index in [0.717, 1.165) is 21.9 Å². The van der Waals surface area contributed by atoms with Crippen LogP contribution in [0.5, 0.6) is 0 Å². The van der Waals surface area contributed by atoms with Gasteiger partial charge in [-0.05, 0) is 29.8 Å². The fourth-order valence-corrected chi connectivity index (χ4v) is 2.62. The predicted molar refractivity (Wildman–Crippen MR) is 79.2 cm³/mol. The molecule has 0 bridgehead atoms. The average molecular weight is 290 g/mol. The highest BCUT2D eigenvalue weighted by molar-refractivity contribution is 7.98. The summed E-state index contributed by atoms with van der Waals surface area (Å²) in [4.78, 5) is 4.24. The molecule has 2 nitrogen and oxygen atoms in total. The molecule has 0 radical (unpaired) electrons. The third-order valence-electron chi connectivity index (χ3n) is 2.34. The molecule has 0 saturated heterocycles. The lowest BCUT2D eigenvalue weighted by molar-refractivity contribution is 0.350. The van der Waals surface area contributed by atoms with Crippen molar-refractivity contribution < 1.29 is 5.11 Å². The lowest BCUT2D eigenvalue weighted by Gasteiger charge is -2.03. The molecule has 0 aliphatic heterocycles. The summed E-state index contributed by atoms with van der Waals surface area (Å²) in [5, 5.41) is 10.2. The van der Waals surface area contributed by atoms with Crippen LogP contribution in [0.3, 0.4) is 0 Å². The number of aromatic nitrogens is 1. The van der Waals surface area contributed by atoms with Gasteiger partial charge in [0, 0.05) is 17.5 Å². The van der Waals surface area contributed by atoms with Crippen molar-refractivity contribution in [3.05, 3.63) is 58.7 Å². The van der Waals surface area contributed by atoms with Gasteiger partial charge in [-0.2, -0.15) is 0 Å². The van der Waals surface area contributed by atoms with E-state index in [4.69, 9.17) is 16.7 Å². The van der Waals surface area contributed by atoms with E-state index in [-0.39, 0.29) is 6.61 Å². The number of benzene rings is 1. The highest BCUT2D eigenvalue weighted by atomic mass is 35.5. The predicted octanol–water partition coefficient (Wildman–Crippen LogP) is 3.37. The quantitative estimate of drug-likeness (QED) is 0.695. The van der Waals surface area contributed by atoms with Crippen molar-refractivity contribution in [3.63, 3.8) is 0 Å². The lowest BCUT2D eigenvalue weighted by atomic mass is 10.1. The third kappa shape index (κ3) is 4.29. The van der Waals surface area contributed by atoms with Crippen LogP contribution in [-0.2, 0) is 5.75 Å². The van der Waals surface area contributed by atoms with E-state index in [1.165, 1.54) is 0 Å². The maximum absolute atomic E-state index is 8.68. The minimum absolute atomic E-state index is 0.122. The first kappa shape index (κ1) is 14.0. The van der Waals surface area contributed by atoms with E-state index in [0.29, 0.717) is 5.02 Å². The van der Waals surface area contributed by atoms with Gasteiger partial charge in [0.15, 0.2) is 0 Å². The minimum atomic E-state index is -0.122. The number of pyridine rings is 1. The first-order valence-corrected chi connectivity index (χ1v) is 7.08. The highest BCUT2D eigenvalue weighted by Crippen LogP contribution is 2.27. The Balaban J connectivity index is 2.06. The van der Waals surface area contributed by atoms with Crippen molar-refractivity contribution in [2.45, 2.75) is 10.8 Å². The largest absolute Gasteiger partial charge is 0.384 e. The molecule has 0 saturated carbocycles. The van der Waals surface area contributed by atoms with E-state index in [2.05, 4.69) is 16.8 Å². The lowest BCUT2D eigenvalue weighted by Crippen LogP contribution is -1.85. The molecule has 1 aromatic carbocycles. The van der Waals surface area contributed by atoms with E-state index >= 15 is 0 Å². The SMILES string of the molecule is OCC#Cc1cccc(CSc2ncccc2Cl)c1. The monoisotopic (exact) mass is 289 g/mol. The molecule has 0 atom stereocenters. The van der Waals surface area contributed by atoms with E-state index < -0.39 is 0 Å². The third-order valence-corrected chi connectivity index (χ3v) is 3.83. The maximum Gasteiger partial charge on any atom is 0.115 e. The Morgan fingerprint density at radius 3 is 2.95 bits per heavy atom. The maximum atomic E-state index is 8.68. The second-order valence-electron chi connectivity index (χ2n) is 3.74. The summed E-state index contributed by atoms with van der Waals surface area (Å²) in [6.07, 6.45) is 1.73. The summed E-state index contributed by atoms with van der Waals surface area (Å²) in [6.45, 7) is -0.122. The molecule has 1 heterocycles. The number of hydrogen-bond donors (Lipinski definition) is 1. The van der Waals surface area contributed by atoms with Gasteiger partial charge in [0.2, 0.25) is 0 Å². The molecular formula is C15H12ClNOS.